The maximum atomic E-state index is 11.3. The number of nitrogens with one attached hydrogen (secondary N) is 1. The van der Waals surface area contributed by atoms with Gasteiger partial charge < -0.3 is 14.8 Å². The molecule has 0 aromatic carbocycles. The number of hydrogen-bond acceptors (Lipinski definition) is 5. The quantitative estimate of drug-likeness (QED) is 0.410. The monoisotopic (exact) mass is 258 g/mol. The first kappa shape index (κ1) is 14.2. The lowest BCUT2D eigenvalue weighted by atomic mass is 10.2. The van der Waals surface area contributed by atoms with E-state index in [1.54, 1.807) is 0 Å². The third-order valence-electron chi connectivity index (χ3n) is 1.98. The topological polar surface area (TPSA) is 75.2 Å². The zero-order chi connectivity index (χ0) is 12.5. The van der Waals surface area contributed by atoms with Crippen LogP contribution in [0.3, 0.4) is 0 Å². The fourth-order valence-electron chi connectivity index (χ4n) is 1.30. The summed E-state index contributed by atoms with van der Waals surface area (Å²) >= 11 is 1.45. The van der Waals surface area contributed by atoms with Crippen LogP contribution in [0.2, 0.25) is 0 Å². The van der Waals surface area contributed by atoms with E-state index < -0.39 is 0 Å². The fourth-order valence-corrected chi connectivity index (χ4v) is 2.05. The van der Waals surface area contributed by atoms with E-state index in [2.05, 4.69) is 16.9 Å². The lowest BCUT2D eigenvalue weighted by molar-refractivity contribution is 0.103. The molecule has 6 heteroatoms. The van der Waals surface area contributed by atoms with Crippen LogP contribution in [0.1, 0.15) is 19.0 Å². The number of H-pyrrole nitrogens is 1. The van der Waals surface area contributed by atoms with Crippen LogP contribution in [0.4, 0.5) is 0 Å². The van der Waals surface area contributed by atoms with Crippen molar-refractivity contribution in [3.05, 3.63) is 22.1 Å². The van der Waals surface area contributed by atoms with E-state index >= 15 is 0 Å². The number of aliphatic hydroxyl groups excluding tert-OH is 1. The number of ether oxygens (including phenoxy) is 1. The van der Waals surface area contributed by atoms with Crippen LogP contribution in [0.25, 0.3) is 0 Å². The molecular weight excluding hydrogens is 240 g/mol. The number of aromatic amines is 1. The molecule has 0 fully saturated rings. The maximum Gasteiger partial charge on any atom is 0.251 e. The molecule has 0 aliphatic rings. The Balaban J connectivity index is 2.44. The molecule has 0 radical (unpaired) electrons. The molecule has 0 aliphatic carbocycles. The van der Waals surface area contributed by atoms with Crippen molar-refractivity contribution in [2.45, 2.75) is 24.9 Å². The summed E-state index contributed by atoms with van der Waals surface area (Å²) in [7, 11) is 0. The molecule has 2 N–H and O–H groups in total. The predicted molar refractivity (Wildman–Crippen MR) is 67.5 cm³/mol. The standard InChI is InChI=1S/C11H18N2O3S/c1-2-3-9-8-10(15)13-11(12-9)17-7-6-16-5-4-14/h8,14H,2-7H2,1H3,(H,12,13,15). The van der Waals surface area contributed by atoms with E-state index in [0.29, 0.717) is 24.1 Å². The molecule has 17 heavy (non-hydrogen) atoms. The number of nitrogens with zero attached hydrogens (tertiary/aromatic N) is 1. The number of rotatable bonds is 8. The maximum absolute atomic E-state index is 11.3. The first-order valence-corrected chi connectivity index (χ1v) is 6.66. The molecule has 0 saturated carbocycles. The molecule has 96 valence electrons. The van der Waals surface area contributed by atoms with Crippen LogP contribution < -0.4 is 5.56 Å². The van der Waals surface area contributed by atoms with Crippen molar-refractivity contribution in [1.29, 1.82) is 0 Å². The zero-order valence-corrected chi connectivity index (χ0v) is 10.8. The first-order valence-electron chi connectivity index (χ1n) is 5.68. The van der Waals surface area contributed by atoms with Gasteiger partial charge in [-0.3, -0.25) is 4.79 Å². The Labute approximate surface area is 105 Å². The molecule has 5 nitrogen and oxygen atoms in total. The van der Waals surface area contributed by atoms with Crippen LogP contribution in [0, 0.1) is 0 Å². The predicted octanol–water partition coefficient (Wildman–Crippen LogP) is 0.823. The SMILES string of the molecule is CCCc1cc(=O)[nH]c(SCCOCCO)n1. The van der Waals surface area contributed by atoms with E-state index in [9.17, 15) is 4.79 Å². The Morgan fingerprint density at radius 1 is 1.53 bits per heavy atom. The minimum absolute atomic E-state index is 0.0335. The van der Waals surface area contributed by atoms with Gasteiger partial charge in [-0.2, -0.15) is 0 Å². The van der Waals surface area contributed by atoms with Gasteiger partial charge in [-0.1, -0.05) is 25.1 Å². The first-order chi connectivity index (χ1) is 8.26. The molecule has 1 aromatic rings. The second-order valence-corrected chi connectivity index (χ2v) is 4.56. The van der Waals surface area contributed by atoms with Gasteiger partial charge in [0.2, 0.25) is 0 Å². The molecule has 1 heterocycles. The number of thioether (sulfide) groups is 1. The summed E-state index contributed by atoms with van der Waals surface area (Å²) in [4.78, 5) is 18.4. The van der Waals surface area contributed by atoms with Crippen molar-refractivity contribution in [2.24, 2.45) is 0 Å². The molecule has 0 atom stereocenters. The van der Waals surface area contributed by atoms with E-state index in [-0.39, 0.29) is 12.2 Å². The van der Waals surface area contributed by atoms with E-state index in [4.69, 9.17) is 9.84 Å². The van der Waals surface area contributed by atoms with Gasteiger partial charge in [0, 0.05) is 17.5 Å². The summed E-state index contributed by atoms with van der Waals surface area (Å²) in [5.41, 5.74) is 0.720. The van der Waals surface area contributed by atoms with Gasteiger partial charge in [0.25, 0.3) is 5.56 Å². The average Bonchev–Trinajstić information content (AvgIpc) is 2.28. The van der Waals surface area contributed by atoms with Gasteiger partial charge >= 0.3 is 0 Å². The minimum Gasteiger partial charge on any atom is -0.394 e. The zero-order valence-electron chi connectivity index (χ0n) is 9.94. The summed E-state index contributed by atoms with van der Waals surface area (Å²) in [5, 5.41) is 9.16. The summed E-state index contributed by atoms with van der Waals surface area (Å²) in [6, 6.07) is 1.54. The number of hydrogen-bond donors (Lipinski definition) is 2. The molecular formula is C11H18N2O3S. The molecule has 1 rings (SSSR count). The summed E-state index contributed by atoms with van der Waals surface area (Å²) in [6.07, 6.45) is 1.79. The second kappa shape index (κ2) is 8.27. The lowest BCUT2D eigenvalue weighted by Gasteiger charge is -2.03. The normalized spacial score (nSPS) is 10.7. The Kier molecular flexibility index (Phi) is 6.91. The van der Waals surface area contributed by atoms with Crippen LogP contribution >= 0.6 is 11.8 Å². The van der Waals surface area contributed by atoms with Gasteiger partial charge in [-0.15, -0.1) is 0 Å². The van der Waals surface area contributed by atoms with Crippen molar-refractivity contribution in [3.8, 4) is 0 Å². The summed E-state index contributed by atoms with van der Waals surface area (Å²) in [5.74, 6) is 0.707. The van der Waals surface area contributed by atoms with Crippen LogP contribution in [-0.2, 0) is 11.2 Å². The second-order valence-electron chi connectivity index (χ2n) is 3.48. The highest BCUT2D eigenvalue weighted by atomic mass is 32.2. The Morgan fingerprint density at radius 2 is 2.35 bits per heavy atom. The average molecular weight is 258 g/mol. The van der Waals surface area contributed by atoms with Crippen LogP contribution in [0.15, 0.2) is 16.0 Å². The smallest absolute Gasteiger partial charge is 0.251 e. The molecule has 0 amide bonds. The highest BCUT2D eigenvalue weighted by Gasteiger charge is 2.01. The third-order valence-corrected chi connectivity index (χ3v) is 2.82. The summed E-state index contributed by atoms with van der Waals surface area (Å²) < 4.78 is 5.12. The van der Waals surface area contributed by atoms with Crippen molar-refractivity contribution >= 4 is 11.8 Å². The number of aliphatic hydroxyl groups is 1. The van der Waals surface area contributed by atoms with E-state index in [0.717, 1.165) is 18.5 Å². The molecule has 0 bridgehead atoms. The van der Waals surface area contributed by atoms with Crippen molar-refractivity contribution < 1.29 is 9.84 Å². The summed E-state index contributed by atoms with van der Waals surface area (Å²) in [6.45, 7) is 2.97. The lowest BCUT2D eigenvalue weighted by Crippen LogP contribution is -2.10. The fraction of sp³-hybridized carbons (Fsp3) is 0.636. The Morgan fingerprint density at radius 3 is 3.06 bits per heavy atom. The molecule has 0 unspecified atom stereocenters. The van der Waals surface area contributed by atoms with E-state index in [1.807, 2.05) is 0 Å². The highest BCUT2D eigenvalue weighted by Crippen LogP contribution is 2.11. The molecule has 0 saturated heterocycles. The van der Waals surface area contributed by atoms with Gasteiger partial charge in [0.1, 0.15) is 0 Å². The minimum atomic E-state index is -0.109. The van der Waals surface area contributed by atoms with Crippen molar-refractivity contribution in [2.75, 3.05) is 25.6 Å². The third kappa shape index (κ3) is 5.86. The number of aryl methyl sites for hydroxylation is 1. The molecule has 0 spiro atoms. The van der Waals surface area contributed by atoms with Crippen LogP contribution in [0.5, 0.6) is 0 Å². The number of aromatic nitrogens is 2. The van der Waals surface area contributed by atoms with Gasteiger partial charge in [0.15, 0.2) is 5.16 Å². The van der Waals surface area contributed by atoms with Crippen molar-refractivity contribution in [3.63, 3.8) is 0 Å². The van der Waals surface area contributed by atoms with Gasteiger partial charge in [0.05, 0.1) is 19.8 Å². The van der Waals surface area contributed by atoms with E-state index in [1.165, 1.54) is 17.8 Å². The molecule has 1 aromatic heterocycles. The van der Waals surface area contributed by atoms with Crippen molar-refractivity contribution in [1.82, 2.24) is 9.97 Å². The Hall–Kier alpha value is -0.850. The Bertz CT molecular complexity index is 381. The van der Waals surface area contributed by atoms with Crippen LogP contribution in [-0.4, -0.2) is 40.6 Å². The van der Waals surface area contributed by atoms with Gasteiger partial charge in [-0.25, -0.2) is 4.98 Å². The highest BCUT2D eigenvalue weighted by molar-refractivity contribution is 7.99. The molecule has 0 aliphatic heterocycles. The largest absolute Gasteiger partial charge is 0.394 e. The van der Waals surface area contributed by atoms with Gasteiger partial charge in [-0.05, 0) is 6.42 Å².